The summed E-state index contributed by atoms with van der Waals surface area (Å²) >= 11 is 1.43. The first-order valence-electron chi connectivity index (χ1n) is 6.28. The zero-order valence-electron chi connectivity index (χ0n) is 10.7. The van der Waals surface area contributed by atoms with Crippen molar-refractivity contribution in [3.8, 4) is 0 Å². The van der Waals surface area contributed by atoms with Gasteiger partial charge in [0, 0.05) is 31.7 Å². The van der Waals surface area contributed by atoms with E-state index in [1.165, 1.54) is 11.3 Å². The quantitative estimate of drug-likeness (QED) is 0.935. The molecule has 6 nitrogen and oxygen atoms in total. The smallest absolute Gasteiger partial charge is 0.262 e. The molecule has 1 N–H and O–H groups in total. The first-order chi connectivity index (χ1) is 9.14. The largest absolute Gasteiger partial charge is 0.371 e. The van der Waals surface area contributed by atoms with Gasteiger partial charge in [0.25, 0.3) is 10.0 Å². The fraction of sp³-hybridized carbons (Fsp3) is 0.545. The third-order valence-electron chi connectivity index (χ3n) is 3.35. The van der Waals surface area contributed by atoms with E-state index in [2.05, 4.69) is 10.3 Å². The lowest BCUT2D eigenvalue weighted by Gasteiger charge is -2.25. The molecule has 3 heterocycles. The van der Waals surface area contributed by atoms with E-state index in [0.29, 0.717) is 23.9 Å². The SMILES string of the molecule is CNc1nc2sccn2c1S(=O)(=O)N1CCCCC1. The Bertz CT molecular complexity index is 683. The van der Waals surface area contributed by atoms with Gasteiger partial charge >= 0.3 is 0 Å². The van der Waals surface area contributed by atoms with Crippen molar-refractivity contribution >= 4 is 32.1 Å². The number of imidazole rings is 1. The number of piperidine rings is 1. The predicted octanol–water partition coefficient (Wildman–Crippen LogP) is 1.61. The van der Waals surface area contributed by atoms with Crippen LogP contribution in [0.5, 0.6) is 0 Å². The normalized spacial score (nSPS) is 17.9. The fourth-order valence-electron chi connectivity index (χ4n) is 2.40. The second kappa shape index (κ2) is 4.77. The summed E-state index contributed by atoms with van der Waals surface area (Å²) in [5.74, 6) is 0.428. The minimum absolute atomic E-state index is 0.258. The van der Waals surface area contributed by atoms with E-state index >= 15 is 0 Å². The lowest BCUT2D eigenvalue weighted by Crippen LogP contribution is -2.36. The second-order valence-electron chi connectivity index (χ2n) is 4.54. The summed E-state index contributed by atoms with van der Waals surface area (Å²) in [6, 6.07) is 0. The van der Waals surface area contributed by atoms with E-state index in [9.17, 15) is 8.42 Å². The standard InChI is InChI=1S/C11H16N4O2S2/c1-12-9-10(15-7-8-18-11(15)13-9)19(16,17)14-5-3-2-4-6-14/h7-8,12H,2-6H2,1H3. The first kappa shape index (κ1) is 12.9. The third-order valence-corrected chi connectivity index (χ3v) is 6.03. The molecule has 0 unspecified atom stereocenters. The van der Waals surface area contributed by atoms with Gasteiger partial charge in [0.15, 0.2) is 15.8 Å². The summed E-state index contributed by atoms with van der Waals surface area (Å²) in [7, 11) is -1.78. The number of thiazole rings is 1. The van der Waals surface area contributed by atoms with Crippen molar-refractivity contribution in [1.82, 2.24) is 13.7 Å². The Labute approximate surface area is 116 Å². The number of hydrogen-bond acceptors (Lipinski definition) is 5. The molecule has 2 aromatic heterocycles. The second-order valence-corrected chi connectivity index (χ2v) is 7.26. The maximum Gasteiger partial charge on any atom is 0.262 e. The molecule has 0 aliphatic carbocycles. The summed E-state index contributed by atoms with van der Waals surface area (Å²) in [5.41, 5.74) is 0. The Morgan fingerprint density at radius 1 is 1.32 bits per heavy atom. The van der Waals surface area contributed by atoms with Crippen molar-refractivity contribution in [3.63, 3.8) is 0 Å². The molecule has 1 saturated heterocycles. The third kappa shape index (κ3) is 2.03. The molecule has 2 aromatic rings. The molecule has 104 valence electrons. The van der Waals surface area contributed by atoms with E-state index in [1.54, 1.807) is 22.0 Å². The van der Waals surface area contributed by atoms with Crippen molar-refractivity contribution < 1.29 is 8.42 Å². The van der Waals surface area contributed by atoms with E-state index in [4.69, 9.17) is 0 Å². The molecule has 0 bridgehead atoms. The minimum atomic E-state index is -3.48. The van der Waals surface area contributed by atoms with Gasteiger partial charge in [-0.25, -0.2) is 13.4 Å². The van der Waals surface area contributed by atoms with Crippen LogP contribution in [0.2, 0.25) is 0 Å². The van der Waals surface area contributed by atoms with Gasteiger partial charge in [-0.1, -0.05) is 6.42 Å². The lowest BCUT2D eigenvalue weighted by atomic mass is 10.2. The number of hydrogen-bond donors (Lipinski definition) is 1. The maximum absolute atomic E-state index is 12.8. The highest BCUT2D eigenvalue weighted by Crippen LogP contribution is 2.29. The number of nitrogens with zero attached hydrogens (tertiary/aromatic N) is 3. The molecule has 0 atom stereocenters. The van der Waals surface area contributed by atoms with Crippen molar-refractivity contribution in [2.24, 2.45) is 0 Å². The molecule has 0 saturated carbocycles. The van der Waals surface area contributed by atoms with Gasteiger partial charge in [-0.05, 0) is 12.8 Å². The molecule has 0 amide bonds. The molecule has 8 heteroatoms. The fourth-order valence-corrected chi connectivity index (χ4v) is 4.95. The summed E-state index contributed by atoms with van der Waals surface area (Å²) < 4.78 is 28.8. The summed E-state index contributed by atoms with van der Waals surface area (Å²) in [5, 5.41) is 4.99. The number of aromatic nitrogens is 2. The number of anilines is 1. The van der Waals surface area contributed by atoms with Gasteiger partial charge in [0.05, 0.1) is 0 Å². The Hall–Kier alpha value is -1.12. The van der Waals surface area contributed by atoms with Gasteiger partial charge in [-0.2, -0.15) is 4.31 Å². The average molecular weight is 300 g/mol. The lowest BCUT2D eigenvalue weighted by molar-refractivity contribution is 0.345. The highest BCUT2D eigenvalue weighted by atomic mass is 32.2. The monoisotopic (exact) mass is 300 g/mol. The van der Waals surface area contributed by atoms with Crippen molar-refractivity contribution in [3.05, 3.63) is 11.6 Å². The Morgan fingerprint density at radius 3 is 2.74 bits per heavy atom. The zero-order chi connectivity index (χ0) is 13.5. The Balaban J connectivity index is 2.13. The van der Waals surface area contributed by atoms with E-state index in [-0.39, 0.29) is 5.03 Å². The Kier molecular flexibility index (Phi) is 3.23. The highest BCUT2D eigenvalue weighted by molar-refractivity contribution is 7.89. The molecule has 3 rings (SSSR count). The van der Waals surface area contributed by atoms with Gasteiger partial charge in [0.2, 0.25) is 0 Å². The highest BCUT2D eigenvalue weighted by Gasteiger charge is 2.32. The molecule has 0 spiro atoms. The molecule has 1 aliphatic heterocycles. The van der Waals surface area contributed by atoms with Crippen molar-refractivity contribution in [2.75, 3.05) is 25.5 Å². The van der Waals surface area contributed by atoms with Crippen LogP contribution in [-0.2, 0) is 10.0 Å². The van der Waals surface area contributed by atoms with Crippen LogP contribution < -0.4 is 5.32 Å². The van der Waals surface area contributed by atoms with Gasteiger partial charge in [-0.3, -0.25) is 4.40 Å². The Morgan fingerprint density at radius 2 is 2.05 bits per heavy atom. The van der Waals surface area contributed by atoms with Crippen molar-refractivity contribution in [1.29, 1.82) is 0 Å². The van der Waals surface area contributed by atoms with Crippen LogP contribution in [-0.4, -0.2) is 42.2 Å². The number of rotatable bonds is 3. The molecule has 0 aromatic carbocycles. The zero-order valence-corrected chi connectivity index (χ0v) is 12.3. The van der Waals surface area contributed by atoms with Crippen molar-refractivity contribution in [2.45, 2.75) is 24.3 Å². The van der Waals surface area contributed by atoms with Crippen LogP contribution in [0.25, 0.3) is 4.96 Å². The number of sulfonamides is 1. The molecule has 1 fully saturated rings. The van der Waals surface area contributed by atoms with E-state index in [0.717, 1.165) is 19.3 Å². The number of nitrogens with one attached hydrogen (secondary N) is 1. The molecule has 19 heavy (non-hydrogen) atoms. The summed E-state index contributed by atoms with van der Waals surface area (Å²) in [6.07, 6.45) is 4.72. The molecular weight excluding hydrogens is 284 g/mol. The van der Waals surface area contributed by atoms with Crippen LogP contribution in [0.4, 0.5) is 5.82 Å². The van der Waals surface area contributed by atoms with Crippen LogP contribution >= 0.6 is 11.3 Å². The van der Waals surface area contributed by atoms with Crippen LogP contribution in [0.15, 0.2) is 16.6 Å². The molecule has 1 aliphatic rings. The minimum Gasteiger partial charge on any atom is -0.371 e. The number of fused-ring (bicyclic) bond motifs is 1. The molecular formula is C11H16N4O2S2. The van der Waals surface area contributed by atoms with Gasteiger partial charge in [-0.15, -0.1) is 11.3 Å². The summed E-state index contributed by atoms with van der Waals surface area (Å²) in [6.45, 7) is 1.20. The maximum atomic E-state index is 12.8. The molecule has 0 radical (unpaired) electrons. The topological polar surface area (TPSA) is 66.7 Å². The van der Waals surface area contributed by atoms with Crippen LogP contribution in [0, 0.1) is 0 Å². The van der Waals surface area contributed by atoms with Gasteiger partial charge in [0.1, 0.15) is 0 Å². The van der Waals surface area contributed by atoms with E-state index < -0.39 is 10.0 Å². The first-order valence-corrected chi connectivity index (χ1v) is 8.60. The predicted molar refractivity (Wildman–Crippen MR) is 75.2 cm³/mol. The summed E-state index contributed by atoms with van der Waals surface area (Å²) in [4.78, 5) is 5.01. The van der Waals surface area contributed by atoms with E-state index in [1.807, 2.05) is 5.38 Å². The van der Waals surface area contributed by atoms with Crippen LogP contribution in [0.3, 0.4) is 0 Å². The average Bonchev–Trinajstić information content (AvgIpc) is 2.98. The van der Waals surface area contributed by atoms with Crippen LogP contribution in [0.1, 0.15) is 19.3 Å². The van der Waals surface area contributed by atoms with Gasteiger partial charge < -0.3 is 5.32 Å².